The van der Waals surface area contributed by atoms with Crippen molar-refractivity contribution in [1.29, 1.82) is 0 Å². The summed E-state index contributed by atoms with van der Waals surface area (Å²) in [5.74, 6) is 6.00. The van der Waals surface area contributed by atoms with Gasteiger partial charge in [0.25, 0.3) is 0 Å². The Bertz CT molecular complexity index is 309. The van der Waals surface area contributed by atoms with Crippen LogP contribution in [0.2, 0.25) is 0 Å². The maximum absolute atomic E-state index is 10.6. The molecule has 0 aromatic heterocycles. The van der Waals surface area contributed by atoms with E-state index < -0.39 is 0 Å². The number of aliphatic hydroxyl groups excluding tert-OH is 1. The zero-order valence-electron chi connectivity index (χ0n) is 10.7. The van der Waals surface area contributed by atoms with Crippen molar-refractivity contribution in [2.75, 3.05) is 13.2 Å². The van der Waals surface area contributed by atoms with Crippen LogP contribution in [0.4, 0.5) is 0 Å². The fourth-order valence-corrected chi connectivity index (χ4v) is 1.17. The lowest BCUT2D eigenvalue weighted by molar-refractivity contribution is -0.139. The van der Waals surface area contributed by atoms with Crippen LogP contribution in [0.5, 0.6) is 0 Å². The number of hydrogen-bond donors (Lipinski definition) is 1. The van der Waals surface area contributed by atoms with E-state index in [1.54, 1.807) is 13.0 Å². The SMILES string of the molecule is CC#CC(C)O/C(=C/COC(C)=O)CCCO. The zero-order valence-corrected chi connectivity index (χ0v) is 10.7. The second-order valence-electron chi connectivity index (χ2n) is 3.45. The molecule has 0 saturated heterocycles. The highest BCUT2D eigenvalue weighted by atomic mass is 16.5. The second-order valence-corrected chi connectivity index (χ2v) is 3.45. The van der Waals surface area contributed by atoms with Gasteiger partial charge in [0.15, 0.2) is 6.10 Å². The van der Waals surface area contributed by atoms with Gasteiger partial charge < -0.3 is 14.6 Å². The monoisotopic (exact) mass is 240 g/mol. The summed E-state index contributed by atoms with van der Waals surface area (Å²) in [5.41, 5.74) is 0. The van der Waals surface area contributed by atoms with E-state index in [0.29, 0.717) is 18.6 Å². The standard InChI is InChI=1S/C13H20O4/c1-4-6-11(2)17-13(7-5-9-14)8-10-16-12(3)15/h8,11,14H,5,7,9-10H2,1-3H3/b13-8+. The second kappa shape index (κ2) is 9.73. The number of carbonyl (C=O) groups excluding carboxylic acids is 1. The third-order valence-corrected chi connectivity index (χ3v) is 1.85. The van der Waals surface area contributed by atoms with Crippen LogP contribution in [-0.2, 0) is 14.3 Å². The van der Waals surface area contributed by atoms with Crippen molar-refractivity contribution < 1.29 is 19.4 Å². The van der Waals surface area contributed by atoms with E-state index in [0.717, 1.165) is 0 Å². The molecule has 0 aromatic carbocycles. The van der Waals surface area contributed by atoms with E-state index in [1.807, 2.05) is 6.92 Å². The number of aliphatic hydroxyl groups is 1. The smallest absolute Gasteiger partial charge is 0.302 e. The van der Waals surface area contributed by atoms with Crippen LogP contribution in [0.15, 0.2) is 11.8 Å². The summed E-state index contributed by atoms with van der Waals surface area (Å²) in [4.78, 5) is 10.6. The summed E-state index contributed by atoms with van der Waals surface area (Å²) in [6.45, 7) is 5.22. The average Bonchev–Trinajstić information content (AvgIpc) is 2.25. The number of hydrogen-bond acceptors (Lipinski definition) is 4. The predicted molar refractivity (Wildman–Crippen MR) is 65.0 cm³/mol. The molecule has 1 atom stereocenters. The predicted octanol–water partition coefficient (Wildman–Crippen LogP) is 1.63. The molecular weight excluding hydrogens is 220 g/mol. The minimum atomic E-state index is -0.329. The molecule has 0 radical (unpaired) electrons. The van der Waals surface area contributed by atoms with Crippen LogP contribution in [0, 0.1) is 11.8 Å². The molecule has 0 bridgehead atoms. The molecule has 0 aliphatic rings. The molecule has 0 aromatic rings. The maximum atomic E-state index is 10.6. The molecule has 4 heteroatoms. The number of carbonyl (C=O) groups is 1. The van der Waals surface area contributed by atoms with Crippen molar-refractivity contribution in [3.8, 4) is 11.8 Å². The number of esters is 1. The van der Waals surface area contributed by atoms with Gasteiger partial charge in [0.05, 0.1) is 5.76 Å². The fraction of sp³-hybridized carbons (Fsp3) is 0.615. The van der Waals surface area contributed by atoms with Gasteiger partial charge in [0.2, 0.25) is 0 Å². The molecule has 0 fully saturated rings. The first-order valence-electron chi connectivity index (χ1n) is 5.62. The topological polar surface area (TPSA) is 55.8 Å². The number of rotatable bonds is 7. The first-order valence-corrected chi connectivity index (χ1v) is 5.62. The van der Waals surface area contributed by atoms with E-state index >= 15 is 0 Å². The average molecular weight is 240 g/mol. The lowest BCUT2D eigenvalue weighted by Gasteiger charge is -2.13. The third-order valence-electron chi connectivity index (χ3n) is 1.85. The van der Waals surface area contributed by atoms with Crippen LogP contribution >= 0.6 is 0 Å². The molecule has 0 saturated carbocycles. The van der Waals surface area contributed by atoms with E-state index in [2.05, 4.69) is 11.8 Å². The highest BCUT2D eigenvalue weighted by Crippen LogP contribution is 2.09. The Morgan fingerprint density at radius 3 is 2.76 bits per heavy atom. The molecule has 0 amide bonds. The van der Waals surface area contributed by atoms with Crippen LogP contribution in [0.3, 0.4) is 0 Å². The largest absolute Gasteiger partial charge is 0.483 e. The minimum absolute atomic E-state index is 0.0993. The molecule has 96 valence electrons. The van der Waals surface area contributed by atoms with E-state index in [4.69, 9.17) is 14.6 Å². The third kappa shape index (κ3) is 9.46. The van der Waals surface area contributed by atoms with Gasteiger partial charge >= 0.3 is 5.97 Å². The van der Waals surface area contributed by atoms with E-state index in [1.165, 1.54) is 6.92 Å². The van der Waals surface area contributed by atoms with Crippen molar-refractivity contribution >= 4 is 5.97 Å². The van der Waals surface area contributed by atoms with Crippen LogP contribution < -0.4 is 0 Å². The van der Waals surface area contributed by atoms with Gasteiger partial charge in [-0.3, -0.25) is 4.79 Å². The normalized spacial score (nSPS) is 12.4. The molecule has 0 aliphatic carbocycles. The van der Waals surface area contributed by atoms with Crippen LogP contribution in [-0.4, -0.2) is 30.4 Å². The molecular formula is C13H20O4. The summed E-state index contributed by atoms with van der Waals surface area (Å²) < 4.78 is 10.4. The van der Waals surface area contributed by atoms with Gasteiger partial charge in [0.1, 0.15) is 6.61 Å². The molecule has 0 aliphatic heterocycles. The quantitative estimate of drug-likeness (QED) is 0.417. The van der Waals surface area contributed by atoms with Gasteiger partial charge in [-0.1, -0.05) is 5.92 Å². The Morgan fingerprint density at radius 2 is 2.24 bits per heavy atom. The number of allylic oxidation sites excluding steroid dienone is 1. The Labute approximate surface area is 103 Å². The molecule has 0 rings (SSSR count). The van der Waals surface area contributed by atoms with Gasteiger partial charge in [-0.15, -0.1) is 5.92 Å². The summed E-state index contributed by atoms with van der Waals surface area (Å²) in [6.07, 6.45) is 2.71. The molecule has 17 heavy (non-hydrogen) atoms. The summed E-state index contributed by atoms with van der Waals surface area (Å²) in [6, 6.07) is 0. The van der Waals surface area contributed by atoms with Crippen LogP contribution in [0.1, 0.15) is 33.6 Å². The molecule has 1 N–H and O–H groups in total. The van der Waals surface area contributed by atoms with E-state index in [-0.39, 0.29) is 25.3 Å². The Morgan fingerprint density at radius 1 is 1.53 bits per heavy atom. The summed E-state index contributed by atoms with van der Waals surface area (Å²) >= 11 is 0. The van der Waals surface area contributed by atoms with E-state index in [9.17, 15) is 4.79 Å². The van der Waals surface area contributed by atoms with Crippen molar-refractivity contribution in [3.63, 3.8) is 0 Å². The van der Waals surface area contributed by atoms with Gasteiger partial charge in [0, 0.05) is 20.0 Å². The number of ether oxygens (including phenoxy) is 2. The fourth-order valence-electron chi connectivity index (χ4n) is 1.17. The Kier molecular flexibility index (Phi) is 8.89. The van der Waals surface area contributed by atoms with Crippen molar-refractivity contribution in [3.05, 3.63) is 11.8 Å². The Hall–Kier alpha value is -1.47. The van der Waals surface area contributed by atoms with Gasteiger partial charge in [-0.25, -0.2) is 0 Å². The first kappa shape index (κ1) is 15.5. The molecule has 0 spiro atoms. The first-order chi connectivity index (χ1) is 8.10. The van der Waals surface area contributed by atoms with Crippen molar-refractivity contribution in [1.82, 2.24) is 0 Å². The highest BCUT2D eigenvalue weighted by molar-refractivity contribution is 5.65. The highest BCUT2D eigenvalue weighted by Gasteiger charge is 2.03. The lowest BCUT2D eigenvalue weighted by atomic mass is 10.2. The zero-order chi connectivity index (χ0) is 13.1. The minimum Gasteiger partial charge on any atom is -0.483 e. The summed E-state index contributed by atoms with van der Waals surface area (Å²) in [7, 11) is 0. The summed E-state index contributed by atoms with van der Waals surface area (Å²) in [5, 5.41) is 8.77. The molecule has 0 heterocycles. The van der Waals surface area contributed by atoms with Crippen molar-refractivity contribution in [2.24, 2.45) is 0 Å². The molecule has 4 nitrogen and oxygen atoms in total. The van der Waals surface area contributed by atoms with Crippen LogP contribution in [0.25, 0.3) is 0 Å². The van der Waals surface area contributed by atoms with Crippen molar-refractivity contribution in [2.45, 2.75) is 39.7 Å². The van der Waals surface area contributed by atoms with Gasteiger partial charge in [-0.05, 0) is 26.3 Å². The maximum Gasteiger partial charge on any atom is 0.302 e. The lowest BCUT2D eigenvalue weighted by Crippen LogP contribution is -2.07. The molecule has 1 unspecified atom stereocenters. The van der Waals surface area contributed by atoms with Gasteiger partial charge in [-0.2, -0.15) is 0 Å². The Balaban J connectivity index is 4.28.